The van der Waals surface area contributed by atoms with Gasteiger partial charge in [0.05, 0.1) is 12.9 Å². The Morgan fingerprint density at radius 1 is 1.42 bits per heavy atom. The van der Waals surface area contributed by atoms with Crippen molar-refractivity contribution in [3.05, 3.63) is 16.7 Å². The maximum atomic E-state index is 12.1. The molecule has 26 heavy (non-hydrogen) atoms. The normalized spacial score (nSPS) is 25.5. The van der Waals surface area contributed by atoms with Crippen LogP contribution in [0.25, 0.3) is 11.2 Å². The molecule has 1 aliphatic rings. The number of hydrogen-bond donors (Lipinski definition) is 5. The zero-order valence-electron chi connectivity index (χ0n) is 14.1. The van der Waals surface area contributed by atoms with Gasteiger partial charge in [-0.25, -0.2) is 4.98 Å². The highest BCUT2D eigenvalue weighted by Crippen LogP contribution is 2.30. The predicted molar refractivity (Wildman–Crippen MR) is 88.2 cm³/mol. The molecule has 2 aromatic rings. The lowest BCUT2D eigenvalue weighted by molar-refractivity contribution is -0.118. The third-order valence-electron chi connectivity index (χ3n) is 3.99. The summed E-state index contributed by atoms with van der Waals surface area (Å²) in [4.78, 5) is 34.4. The van der Waals surface area contributed by atoms with Crippen molar-refractivity contribution in [2.45, 2.75) is 38.4 Å². The Morgan fingerprint density at radius 2 is 2.12 bits per heavy atom. The van der Waals surface area contributed by atoms with Gasteiger partial charge in [-0.3, -0.25) is 24.5 Å². The molecule has 1 amide bonds. The molecule has 0 spiro atoms. The van der Waals surface area contributed by atoms with Crippen molar-refractivity contribution in [3.63, 3.8) is 0 Å². The van der Waals surface area contributed by atoms with E-state index in [-0.39, 0.29) is 34.4 Å². The summed E-state index contributed by atoms with van der Waals surface area (Å²) in [5.41, 5.74) is -0.521. The monoisotopic (exact) mass is 371 g/mol. The molecule has 7 N–H and O–H groups in total. The van der Waals surface area contributed by atoms with Crippen LogP contribution in [0.4, 0.5) is 5.95 Å². The summed E-state index contributed by atoms with van der Waals surface area (Å²) in [5.74, 6) is -0.711. The van der Waals surface area contributed by atoms with Crippen LogP contribution in [0.2, 0.25) is 0 Å². The summed E-state index contributed by atoms with van der Waals surface area (Å²) >= 11 is 0. The number of rotatable bonds is 4. The number of carbonyl (C=O) groups excluding carboxylic acids is 1. The van der Waals surface area contributed by atoms with Crippen molar-refractivity contribution in [1.82, 2.24) is 19.5 Å². The SMILES string of the molecule is CC(C)C(=O)Nc1nc2c(ncn2[C@@H]2O[C@H](CO)[C@@H](O)[C@H]2O)c(=O)[nH]1.O. The van der Waals surface area contributed by atoms with Gasteiger partial charge in [0, 0.05) is 5.92 Å². The number of ether oxygens (including phenoxy) is 1. The highest BCUT2D eigenvalue weighted by atomic mass is 16.6. The molecule has 12 nitrogen and oxygen atoms in total. The molecule has 3 heterocycles. The van der Waals surface area contributed by atoms with Crippen molar-refractivity contribution in [2.24, 2.45) is 5.92 Å². The number of nitrogens with one attached hydrogen (secondary N) is 2. The second-order valence-corrected chi connectivity index (χ2v) is 6.11. The highest BCUT2D eigenvalue weighted by molar-refractivity contribution is 5.91. The van der Waals surface area contributed by atoms with Gasteiger partial charge >= 0.3 is 0 Å². The number of aromatic nitrogens is 4. The number of amides is 1. The van der Waals surface area contributed by atoms with Crippen LogP contribution in [-0.4, -0.2) is 71.1 Å². The molecule has 0 aromatic carbocycles. The molecule has 4 atom stereocenters. The van der Waals surface area contributed by atoms with Gasteiger partial charge in [0.25, 0.3) is 5.56 Å². The third kappa shape index (κ3) is 3.32. The summed E-state index contributed by atoms with van der Waals surface area (Å²) in [6.07, 6.45) is -3.46. The Balaban J connectivity index is 0.00000243. The smallest absolute Gasteiger partial charge is 0.280 e. The van der Waals surface area contributed by atoms with Crippen LogP contribution in [0, 0.1) is 5.92 Å². The van der Waals surface area contributed by atoms with E-state index in [0.717, 1.165) is 0 Å². The molecular weight excluding hydrogens is 350 g/mol. The molecule has 12 heteroatoms. The second-order valence-electron chi connectivity index (χ2n) is 6.11. The minimum absolute atomic E-state index is 0. The zero-order chi connectivity index (χ0) is 18.3. The van der Waals surface area contributed by atoms with Gasteiger partial charge in [-0.2, -0.15) is 4.98 Å². The number of aliphatic hydroxyl groups excluding tert-OH is 3. The second kappa shape index (κ2) is 7.47. The first kappa shape index (κ1) is 19.9. The fraction of sp³-hybridized carbons (Fsp3) is 0.571. The number of anilines is 1. The summed E-state index contributed by atoms with van der Waals surface area (Å²) in [5, 5.41) is 31.7. The largest absolute Gasteiger partial charge is 0.412 e. The molecule has 1 fully saturated rings. The van der Waals surface area contributed by atoms with Gasteiger partial charge in [0.1, 0.15) is 18.3 Å². The summed E-state index contributed by atoms with van der Waals surface area (Å²) in [7, 11) is 0. The Hall–Kier alpha value is -2.38. The fourth-order valence-corrected chi connectivity index (χ4v) is 2.54. The lowest BCUT2D eigenvalue weighted by Gasteiger charge is -2.16. The van der Waals surface area contributed by atoms with Crippen LogP contribution in [0.3, 0.4) is 0 Å². The molecule has 0 aliphatic carbocycles. The molecule has 1 aliphatic heterocycles. The van der Waals surface area contributed by atoms with Gasteiger partial charge < -0.3 is 25.5 Å². The van der Waals surface area contributed by atoms with Crippen LogP contribution in [-0.2, 0) is 9.53 Å². The van der Waals surface area contributed by atoms with E-state index in [0.29, 0.717) is 0 Å². The van der Waals surface area contributed by atoms with E-state index in [1.54, 1.807) is 13.8 Å². The molecule has 3 rings (SSSR count). The maximum absolute atomic E-state index is 12.1. The zero-order valence-corrected chi connectivity index (χ0v) is 14.1. The Bertz CT molecular complexity index is 848. The summed E-state index contributed by atoms with van der Waals surface area (Å²) in [6, 6.07) is 0. The summed E-state index contributed by atoms with van der Waals surface area (Å²) < 4.78 is 6.70. The molecule has 0 bridgehead atoms. The molecule has 0 unspecified atom stereocenters. The van der Waals surface area contributed by atoms with E-state index < -0.39 is 36.7 Å². The molecule has 1 saturated heterocycles. The van der Waals surface area contributed by atoms with Gasteiger partial charge in [0.2, 0.25) is 11.9 Å². The van der Waals surface area contributed by atoms with Crippen molar-refractivity contribution < 1.29 is 30.3 Å². The number of aromatic amines is 1. The van der Waals surface area contributed by atoms with E-state index in [4.69, 9.17) is 4.74 Å². The van der Waals surface area contributed by atoms with E-state index >= 15 is 0 Å². The molecular formula is C14H21N5O7. The first-order valence-electron chi connectivity index (χ1n) is 7.73. The molecule has 144 valence electrons. The standard InChI is InChI=1S/C14H19N5O6.H2O/c1-5(2)11(23)17-14-16-10-7(12(24)18-14)15-4-19(10)13-9(22)8(21)6(3-20)25-13;/h4-6,8-9,13,20-22H,3H2,1-2H3,(H2,16,17,18,23,24);1H2/t6-,8-,9-,13-;/m1./s1. The van der Waals surface area contributed by atoms with Crippen molar-refractivity contribution in [2.75, 3.05) is 11.9 Å². The van der Waals surface area contributed by atoms with Gasteiger partial charge in [-0.05, 0) is 0 Å². The number of carbonyl (C=O) groups is 1. The van der Waals surface area contributed by atoms with Crippen LogP contribution >= 0.6 is 0 Å². The average Bonchev–Trinajstić information content (AvgIpc) is 3.10. The fourth-order valence-electron chi connectivity index (χ4n) is 2.54. The van der Waals surface area contributed by atoms with E-state index in [1.165, 1.54) is 10.9 Å². The van der Waals surface area contributed by atoms with Gasteiger partial charge in [0.15, 0.2) is 17.4 Å². The van der Waals surface area contributed by atoms with Gasteiger partial charge in [-0.1, -0.05) is 13.8 Å². The first-order valence-corrected chi connectivity index (χ1v) is 7.73. The summed E-state index contributed by atoms with van der Waals surface area (Å²) in [6.45, 7) is 2.90. The number of fused-ring (bicyclic) bond motifs is 1. The maximum Gasteiger partial charge on any atom is 0.280 e. The van der Waals surface area contributed by atoms with Crippen LogP contribution in [0.15, 0.2) is 11.1 Å². The van der Waals surface area contributed by atoms with Crippen LogP contribution in [0.1, 0.15) is 20.1 Å². The lowest BCUT2D eigenvalue weighted by atomic mass is 10.1. The molecule has 0 radical (unpaired) electrons. The number of imidazole rings is 1. The molecule has 2 aromatic heterocycles. The average molecular weight is 371 g/mol. The van der Waals surface area contributed by atoms with Crippen molar-refractivity contribution in [3.8, 4) is 0 Å². The quantitative estimate of drug-likeness (QED) is 0.389. The van der Waals surface area contributed by atoms with E-state index in [1.807, 2.05) is 0 Å². The number of H-pyrrole nitrogens is 1. The van der Waals surface area contributed by atoms with Gasteiger partial charge in [-0.15, -0.1) is 0 Å². The Morgan fingerprint density at radius 3 is 2.69 bits per heavy atom. The number of aliphatic hydroxyl groups is 3. The molecule has 0 saturated carbocycles. The van der Waals surface area contributed by atoms with E-state index in [9.17, 15) is 24.9 Å². The Labute approximate surface area is 146 Å². The third-order valence-corrected chi connectivity index (χ3v) is 3.99. The topological polar surface area (TPSA) is 194 Å². The van der Waals surface area contributed by atoms with Crippen LogP contribution in [0.5, 0.6) is 0 Å². The van der Waals surface area contributed by atoms with Crippen LogP contribution < -0.4 is 10.9 Å². The van der Waals surface area contributed by atoms with Crippen molar-refractivity contribution >= 4 is 23.0 Å². The number of nitrogens with zero attached hydrogens (tertiary/aromatic N) is 3. The predicted octanol–water partition coefficient (Wildman–Crippen LogP) is -2.50. The van der Waals surface area contributed by atoms with Crippen molar-refractivity contribution in [1.29, 1.82) is 0 Å². The number of hydrogen-bond acceptors (Lipinski definition) is 8. The Kier molecular flexibility index (Phi) is 5.73. The van der Waals surface area contributed by atoms with E-state index in [2.05, 4.69) is 20.3 Å². The minimum Gasteiger partial charge on any atom is -0.412 e. The minimum atomic E-state index is -1.34. The first-order chi connectivity index (χ1) is 11.8. The highest BCUT2D eigenvalue weighted by Gasteiger charge is 2.44. The lowest BCUT2D eigenvalue weighted by Crippen LogP contribution is -2.33.